The molecule has 5 nitrogen and oxygen atoms in total. The van der Waals surface area contributed by atoms with Crippen LogP contribution in [-0.2, 0) is 4.79 Å². The lowest BCUT2D eigenvalue weighted by Crippen LogP contribution is -2.32. The van der Waals surface area contributed by atoms with Gasteiger partial charge in [-0.2, -0.15) is 5.26 Å². The molecular weight excluding hydrogens is 264 g/mol. The maximum absolute atomic E-state index is 12.2. The van der Waals surface area contributed by atoms with Crippen molar-refractivity contribution >= 4 is 11.7 Å². The van der Waals surface area contributed by atoms with Gasteiger partial charge < -0.3 is 10.2 Å². The van der Waals surface area contributed by atoms with Crippen LogP contribution in [0.4, 0.5) is 5.82 Å². The van der Waals surface area contributed by atoms with Crippen LogP contribution in [0.3, 0.4) is 0 Å². The zero-order chi connectivity index (χ0) is 15.7. The van der Waals surface area contributed by atoms with Crippen molar-refractivity contribution in [2.45, 2.75) is 6.92 Å². The number of nitrogens with zero attached hydrogens (tertiary/aromatic N) is 3. The molecule has 0 aromatic carbocycles. The highest BCUT2D eigenvalue weighted by atomic mass is 16.2. The van der Waals surface area contributed by atoms with E-state index in [4.69, 9.17) is 5.26 Å². The van der Waals surface area contributed by atoms with Crippen molar-refractivity contribution in [3.63, 3.8) is 0 Å². The lowest BCUT2D eigenvalue weighted by molar-refractivity contribution is -0.125. The predicted octanol–water partition coefficient (Wildman–Crippen LogP) is 2.41. The first-order valence-electron chi connectivity index (χ1n) is 6.43. The van der Waals surface area contributed by atoms with Crippen LogP contribution in [0.2, 0.25) is 0 Å². The molecule has 1 amide bonds. The Balaban J connectivity index is 2.84. The van der Waals surface area contributed by atoms with Crippen molar-refractivity contribution in [2.24, 2.45) is 0 Å². The smallest absolute Gasteiger partial charge is 0.266 e. The zero-order valence-electron chi connectivity index (χ0n) is 12.0. The summed E-state index contributed by atoms with van der Waals surface area (Å²) in [4.78, 5) is 17.8. The van der Waals surface area contributed by atoms with E-state index < -0.39 is 0 Å². The van der Waals surface area contributed by atoms with Crippen LogP contribution in [0.1, 0.15) is 5.56 Å². The van der Waals surface area contributed by atoms with Crippen LogP contribution in [-0.4, -0.2) is 28.9 Å². The maximum Gasteiger partial charge on any atom is 0.266 e. The molecule has 0 saturated carbocycles. The molecule has 0 saturated heterocycles. The first-order valence-corrected chi connectivity index (χ1v) is 6.43. The summed E-state index contributed by atoms with van der Waals surface area (Å²) < 4.78 is 0. The first kappa shape index (κ1) is 16.2. The first-order chi connectivity index (χ1) is 10.1. The van der Waals surface area contributed by atoms with E-state index in [0.29, 0.717) is 18.9 Å². The Morgan fingerprint density at radius 1 is 1.43 bits per heavy atom. The molecule has 0 radical (unpaired) electrons. The fourth-order valence-corrected chi connectivity index (χ4v) is 1.56. The van der Waals surface area contributed by atoms with E-state index in [1.807, 2.05) is 19.1 Å². The molecule has 5 heteroatoms. The summed E-state index contributed by atoms with van der Waals surface area (Å²) in [6, 6.07) is 5.55. The van der Waals surface area contributed by atoms with Gasteiger partial charge in [-0.3, -0.25) is 4.79 Å². The van der Waals surface area contributed by atoms with Crippen molar-refractivity contribution in [2.75, 3.05) is 18.4 Å². The Kier molecular flexibility index (Phi) is 6.42. The van der Waals surface area contributed by atoms with Crippen LogP contribution >= 0.6 is 0 Å². The number of nitriles is 1. The molecule has 1 N–H and O–H groups in total. The molecule has 0 fully saturated rings. The molecule has 108 valence electrons. The standard InChI is InChI=1S/C16H18N4O/c1-4-8-20(9-5-2)16(21)14(10-17)12-19-15-7-6-13(3)11-18-15/h4-7,11-12H,1-2,8-9H2,3H3,(H,18,19)/b14-12-. The van der Waals surface area contributed by atoms with E-state index in [2.05, 4.69) is 23.5 Å². The number of pyridine rings is 1. The van der Waals surface area contributed by atoms with Gasteiger partial charge in [0.05, 0.1) is 0 Å². The summed E-state index contributed by atoms with van der Waals surface area (Å²) in [5.41, 5.74) is 1.03. The monoisotopic (exact) mass is 282 g/mol. The van der Waals surface area contributed by atoms with Crippen LogP contribution in [0.15, 0.2) is 55.4 Å². The topological polar surface area (TPSA) is 69.0 Å². The molecule has 0 aliphatic carbocycles. The molecule has 1 aromatic heterocycles. The number of aromatic nitrogens is 1. The molecule has 1 aromatic rings. The van der Waals surface area contributed by atoms with E-state index in [1.54, 1.807) is 24.4 Å². The number of hydrogen-bond acceptors (Lipinski definition) is 4. The number of carbonyl (C=O) groups excluding carboxylic acids is 1. The van der Waals surface area contributed by atoms with Gasteiger partial charge in [-0.25, -0.2) is 4.98 Å². The molecular formula is C16H18N4O. The van der Waals surface area contributed by atoms with E-state index in [9.17, 15) is 4.79 Å². The molecule has 1 heterocycles. The fourth-order valence-electron chi connectivity index (χ4n) is 1.56. The number of nitrogens with one attached hydrogen (secondary N) is 1. The molecule has 21 heavy (non-hydrogen) atoms. The van der Waals surface area contributed by atoms with Gasteiger partial charge in [0.1, 0.15) is 17.5 Å². The van der Waals surface area contributed by atoms with Crippen LogP contribution < -0.4 is 5.32 Å². The Labute approximate surface area is 124 Å². The second kappa shape index (κ2) is 8.33. The van der Waals surface area contributed by atoms with Gasteiger partial charge in [-0.05, 0) is 18.6 Å². The number of amides is 1. The molecule has 0 bridgehead atoms. The third-order valence-electron chi connectivity index (χ3n) is 2.61. The van der Waals surface area contributed by atoms with Gasteiger partial charge in [0.15, 0.2) is 0 Å². The van der Waals surface area contributed by atoms with E-state index in [-0.39, 0.29) is 11.5 Å². The largest absolute Gasteiger partial charge is 0.345 e. The minimum atomic E-state index is -0.378. The quantitative estimate of drug-likeness (QED) is 0.473. The third kappa shape index (κ3) is 4.96. The molecule has 0 aliphatic heterocycles. The average molecular weight is 282 g/mol. The van der Waals surface area contributed by atoms with Gasteiger partial charge in [-0.1, -0.05) is 18.2 Å². The van der Waals surface area contributed by atoms with E-state index in [1.165, 1.54) is 11.1 Å². The summed E-state index contributed by atoms with van der Waals surface area (Å²) in [6.07, 6.45) is 6.27. The van der Waals surface area contributed by atoms with Crippen LogP contribution in [0.25, 0.3) is 0 Å². The van der Waals surface area contributed by atoms with Gasteiger partial charge in [0.25, 0.3) is 5.91 Å². The minimum absolute atomic E-state index is 0.000995. The maximum atomic E-state index is 12.2. The molecule has 0 aliphatic rings. The summed E-state index contributed by atoms with van der Waals surface area (Å²) in [7, 11) is 0. The normalized spacial score (nSPS) is 10.4. The highest BCUT2D eigenvalue weighted by molar-refractivity contribution is 5.97. The average Bonchev–Trinajstić information content (AvgIpc) is 2.49. The zero-order valence-corrected chi connectivity index (χ0v) is 12.0. The van der Waals surface area contributed by atoms with Crippen molar-refractivity contribution < 1.29 is 4.79 Å². The fraction of sp³-hybridized carbons (Fsp3) is 0.188. The molecule has 0 unspecified atom stereocenters. The second-order valence-corrected chi connectivity index (χ2v) is 4.32. The Morgan fingerprint density at radius 3 is 2.57 bits per heavy atom. The van der Waals surface area contributed by atoms with Crippen molar-refractivity contribution in [3.05, 3.63) is 61.0 Å². The minimum Gasteiger partial charge on any atom is -0.345 e. The SMILES string of the molecule is C=CCN(CC=C)C(=O)/C(C#N)=C\Nc1ccc(C)cn1. The van der Waals surface area contributed by atoms with Crippen molar-refractivity contribution in [1.82, 2.24) is 9.88 Å². The highest BCUT2D eigenvalue weighted by Gasteiger charge is 2.15. The predicted molar refractivity (Wildman–Crippen MR) is 83.3 cm³/mol. The van der Waals surface area contributed by atoms with Gasteiger partial charge in [0, 0.05) is 25.5 Å². The summed E-state index contributed by atoms with van der Waals surface area (Å²) >= 11 is 0. The van der Waals surface area contributed by atoms with E-state index >= 15 is 0 Å². The summed E-state index contributed by atoms with van der Waals surface area (Å²) in [5, 5.41) is 12.0. The Morgan fingerprint density at radius 2 is 2.10 bits per heavy atom. The molecule has 0 atom stereocenters. The Bertz CT molecular complexity index is 571. The van der Waals surface area contributed by atoms with Gasteiger partial charge in [0.2, 0.25) is 0 Å². The number of aryl methyl sites for hydroxylation is 1. The van der Waals surface area contributed by atoms with Gasteiger partial charge >= 0.3 is 0 Å². The highest BCUT2D eigenvalue weighted by Crippen LogP contribution is 2.07. The number of carbonyl (C=O) groups is 1. The number of rotatable bonds is 7. The lowest BCUT2D eigenvalue weighted by atomic mass is 10.2. The van der Waals surface area contributed by atoms with Crippen LogP contribution in [0.5, 0.6) is 0 Å². The summed E-state index contributed by atoms with van der Waals surface area (Å²) in [6.45, 7) is 9.83. The van der Waals surface area contributed by atoms with Crippen molar-refractivity contribution in [1.29, 1.82) is 5.26 Å². The van der Waals surface area contributed by atoms with Gasteiger partial charge in [-0.15, -0.1) is 13.2 Å². The van der Waals surface area contributed by atoms with Crippen LogP contribution in [0, 0.1) is 18.3 Å². The Hall–Kier alpha value is -2.87. The van der Waals surface area contributed by atoms with E-state index in [0.717, 1.165) is 5.56 Å². The second-order valence-electron chi connectivity index (χ2n) is 4.32. The summed E-state index contributed by atoms with van der Waals surface area (Å²) in [5.74, 6) is 0.192. The molecule has 1 rings (SSSR count). The lowest BCUT2D eigenvalue weighted by Gasteiger charge is -2.18. The molecule has 0 spiro atoms. The van der Waals surface area contributed by atoms with Crippen molar-refractivity contribution in [3.8, 4) is 6.07 Å². The number of hydrogen-bond donors (Lipinski definition) is 1. The number of anilines is 1. The third-order valence-corrected chi connectivity index (χ3v) is 2.61.